The van der Waals surface area contributed by atoms with Crippen LogP contribution in [0.2, 0.25) is 0 Å². The Morgan fingerprint density at radius 1 is 1.30 bits per heavy atom. The second-order valence-corrected chi connectivity index (χ2v) is 5.90. The molecule has 2 heterocycles. The molecule has 0 bridgehead atoms. The first kappa shape index (κ1) is 15.7. The lowest BCUT2D eigenvalue weighted by Gasteiger charge is -2.18. The maximum atomic E-state index is 12.3. The quantitative estimate of drug-likeness (QED) is 0.885. The maximum Gasteiger partial charge on any atom is 0.249 e. The largest absolute Gasteiger partial charge is 0.364 e. The Morgan fingerprint density at radius 2 is 2.09 bits per heavy atom. The molecule has 0 saturated carbocycles. The zero-order chi connectivity index (χ0) is 16.2. The van der Waals surface area contributed by atoms with Crippen molar-refractivity contribution in [3.05, 3.63) is 47.5 Å². The van der Waals surface area contributed by atoms with E-state index in [1.165, 1.54) is 0 Å². The predicted octanol–water partition coefficient (Wildman–Crippen LogP) is 2.01. The van der Waals surface area contributed by atoms with E-state index in [2.05, 4.69) is 20.1 Å². The highest BCUT2D eigenvalue weighted by molar-refractivity contribution is 5.80. The molecule has 0 radical (unpaired) electrons. The zero-order valence-electron chi connectivity index (χ0n) is 13.5. The Labute approximate surface area is 135 Å². The number of hydrogen-bond donors (Lipinski definition) is 1. The smallest absolute Gasteiger partial charge is 0.249 e. The van der Waals surface area contributed by atoms with Gasteiger partial charge in [0.05, 0.1) is 12.6 Å². The third-order valence-electron chi connectivity index (χ3n) is 4.10. The van der Waals surface area contributed by atoms with E-state index in [0.29, 0.717) is 6.61 Å². The number of nitrogens with zero attached hydrogens (tertiary/aromatic N) is 3. The highest BCUT2D eigenvalue weighted by Gasteiger charge is 2.24. The molecule has 2 atom stereocenters. The Morgan fingerprint density at radius 3 is 2.87 bits per heavy atom. The second kappa shape index (κ2) is 6.91. The summed E-state index contributed by atoms with van der Waals surface area (Å²) in [7, 11) is 0. The van der Waals surface area contributed by atoms with Gasteiger partial charge in [-0.2, -0.15) is 0 Å². The monoisotopic (exact) mass is 314 g/mol. The highest BCUT2D eigenvalue weighted by atomic mass is 16.5. The molecule has 122 valence electrons. The molecule has 1 aromatic heterocycles. The number of carbonyl (C=O) groups excluding carboxylic acids is 1. The standard InChI is InChI=1S/C17H22N4O2/c1-12(16-20-19-15-9-6-10-21(15)16)18-17(22)13(2)23-11-14-7-4-3-5-8-14/h3-5,7-8,12-13H,6,9-11H2,1-2H3,(H,18,22)/t12-,13+/m1/s1. The van der Waals surface area contributed by atoms with Gasteiger partial charge in [0.1, 0.15) is 11.9 Å². The van der Waals surface area contributed by atoms with Crippen LogP contribution >= 0.6 is 0 Å². The lowest BCUT2D eigenvalue weighted by Crippen LogP contribution is -2.37. The van der Waals surface area contributed by atoms with Crippen molar-refractivity contribution in [3.63, 3.8) is 0 Å². The number of aryl methyl sites for hydroxylation is 1. The number of ether oxygens (including phenoxy) is 1. The molecule has 0 fully saturated rings. The number of rotatable bonds is 6. The molecule has 23 heavy (non-hydrogen) atoms. The third kappa shape index (κ3) is 3.59. The molecule has 0 saturated heterocycles. The minimum Gasteiger partial charge on any atom is -0.364 e. The first-order valence-corrected chi connectivity index (χ1v) is 8.03. The summed E-state index contributed by atoms with van der Waals surface area (Å²) in [6.45, 7) is 5.04. The molecule has 0 unspecified atom stereocenters. The minimum absolute atomic E-state index is 0.135. The van der Waals surface area contributed by atoms with Crippen molar-refractivity contribution in [3.8, 4) is 0 Å². The summed E-state index contributed by atoms with van der Waals surface area (Å²) in [6.07, 6.45) is 1.54. The number of hydrogen-bond acceptors (Lipinski definition) is 4. The van der Waals surface area contributed by atoms with E-state index >= 15 is 0 Å². The van der Waals surface area contributed by atoms with Crippen molar-refractivity contribution < 1.29 is 9.53 Å². The van der Waals surface area contributed by atoms with Gasteiger partial charge in [-0.15, -0.1) is 10.2 Å². The van der Waals surface area contributed by atoms with Crippen molar-refractivity contribution in [2.24, 2.45) is 0 Å². The number of benzene rings is 1. The van der Waals surface area contributed by atoms with Crippen LogP contribution < -0.4 is 5.32 Å². The molecule has 6 nitrogen and oxygen atoms in total. The fourth-order valence-electron chi connectivity index (χ4n) is 2.76. The number of fused-ring (bicyclic) bond motifs is 1. The van der Waals surface area contributed by atoms with E-state index in [-0.39, 0.29) is 11.9 Å². The average molecular weight is 314 g/mol. The van der Waals surface area contributed by atoms with Gasteiger partial charge in [0.2, 0.25) is 5.91 Å². The van der Waals surface area contributed by atoms with E-state index in [1.807, 2.05) is 37.3 Å². The molecule has 3 rings (SSSR count). The molecule has 0 spiro atoms. The van der Waals surface area contributed by atoms with Crippen molar-refractivity contribution in [1.82, 2.24) is 20.1 Å². The lowest BCUT2D eigenvalue weighted by atomic mass is 10.2. The third-order valence-corrected chi connectivity index (χ3v) is 4.10. The highest BCUT2D eigenvalue weighted by Crippen LogP contribution is 2.19. The van der Waals surface area contributed by atoms with Crippen molar-refractivity contribution >= 4 is 5.91 Å². The van der Waals surface area contributed by atoms with Gasteiger partial charge < -0.3 is 14.6 Å². The topological polar surface area (TPSA) is 69.0 Å². The Kier molecular flexibility index (Phi) is 4.71. The molecule has 1 N–H and O–H groups in total. The Bertz CT molecular complexity index is 668. The maximum absolute atomic E-state index is 12.3. The van der Waals surface area contributed by atoms with Gasteiger partial charge in [-0.1, -0.05) is 30.3 Å². The normalized spacial score (nSPS) is 15.9. The summed E-state index contributed by atoms with van der Waals surface area (Å²) in [5, 5.41) is 11.3. The van der Waals surface area contributed by atoms with Crippen molar-refractivity contribution in [1.29, 1.82) is 0 Å². The molecule has 1 amide bonds. The second-order valence-electron chi connectivity index (χ2n) is 5.90. The molecular formula is C17H22N4O2. The van der Waals surface area contributed by atoms with Crippen LogP contribution in [0.15, 0.2) is 30.3 Å². The molecule has 2 aromatic rings. The van der Waals surface area contributed by atoms with E-state index < -0.39 is 6.10 Å². The molecule has 1 aliphatic rings. The first-order chi connectivity index (χ1) is 11.1. The molecule has 1 aliphatic heterocycles. The predicted molar refractivity (Wildman–Crippen MR) is 85.6 cm³/mol. The van der Waals surface area contributed by atoms with Gasteiger partial charge in [-0.3, -0.25) is 4.79 Å². The first-order valence-electron chi connectivity index (χ1n) is 8.03. The fourth-order valence-corrected chi connectivity index (χ4v) is 2.76. The number of carbonyl (C=O) groups is 1. The average Bonchev–Trinajstić information content (AvgIpc) is 3.16. The van der Waals surface area contributed by atoms with Crippen LogP contribution in [0.4, 0.5) is 0 Å². The fraction of sp³-hybridized carbons (Fsp3) is 0.471. The van der Waals surface area contributed by atoms with Gasteiger partial charge >= 0.3 is 0 Å². The van der Waals surface area contributed by atoms with E-state index in [9.17, 15) is 4.79 Å². The SMILES string of the molecule is C[C@H](OCc1ccccc1)C(=O)N[C@H](C)c1nnc2n1CCC2. The summed E-state index contributed by atoms with van der Waals surface area (Å²) >= 11 is 0. The van der Waals surface area contributed by atoms with Crippen LogP contribution in [0.25, 0.3) is 0 Å². The van der Waals surface area contributed by atoms with Crippen LogP contribution in [-0.4, -0.2) is 26.8 Å². The molecular weight excluding hydrogens is 292 g/mol. The summed E-state index contributed by atoms with van der Waals surface area (Å²) in [5.41, 5.74) is 1.05. The van der Waals surface area contributed by atoms with Gasteiger partial charge in [0, 0.05) is 13.0 Å². The van der Waals surface area contributed by atoms with Gasteiger partial charge in [0.25, 0.3) is 0 Å². The van der Waals surface area contributed by atoms with E-state index in [1.54, 1.807) is 6.92 Å². The molecule has 1 aromatic carbocycles. The van der Waals surface area contributed by atoms with Crippen LogP contribution in [0, 0.1) is 0 Å². The Balaban J connectivity index is 1.53. The van der Waals surface area contributed by atoms with Gasteiger partial charge in [-0.25, -0.2) is 0 Å². The van der Waals surface area contributed by atoms with Crippen LogP contribution in [0.5, 0.6) is 0 Å². The Hall–Kier alpha value is -2.21. The lowest BCUT2D eigenvalue weighted by molar-refractivity contribution is -0.133. The van der Waals surface area contributed by atoms with Crippen LogP contribution in [-0.2, 0) is 29.1 Å². The van der Waals surface area contributed by atoms with Crippen molar-refractivity contribution in [2.75, 3.05) is 0 Å². The van der Waals surface area contributed by atoms with Gasteiger partial charge in [0.15, 0.2) is 5.82 Å². The summed E-state index contributed by atoms with van der Waals surface area (Å²) in [4.78, 5) is 12.3. The molecule has 0 aliphatic carbocycles. The van der Waals surface area contributed by atoms with Crippen LogP contribution in [0.3, 0.4) is 0 Å². The number of nitrogens with one attached hydrogen (secondary N) is 1. The van der Waals surface area contributed by atoms with Crippen LogP contribution in [0.1, 0.15) is 43.5 Å². The minimum atomic E-state index is -0.515. The number of aromatic nitrogens is 3. The zero-order valence-corrected chi connectivity index (χ0v) is 13.5. The van der Waals surface area contributed by atoms with E-state index in [4.69, 9.17) is 4.74 Å². The summed E-state index contributed by atoms with van der Waals surface area (Å²) in [5.74, 6) is 1.69. The summed E-state index contributed by atoms with van der Waals surface area (Å²) < 4.78 is 7.74. The number of amides is 1. The van der Waals surface area contributed by atoms with Crippen molar-refractivity contribution in [2.45, 2.75) is 52.0 Å². The van der Waals surface area contributed by atoms with E-state index in [0.717, 1.165) is 36.6 Å². The molecule has 6 heteroatoms. The van der Waals surface area contributed by atoms with Gasteiger partial charge in [-0.05, 0) is 25.8 Å². The summed E-state index contributed by atoms with van der Waals surface area (Å²) in [6, 6.07) is 9.65.